The SMILES string of the molecule is c1ccc(-n2c3ccccc3c3cc4c(cc32)Oc2ccccc2S4(c2ccccc2)c2ccccc2)cc1. The molecule has 6 aromatic carbocycles. The lowest BCUT2D eigenvalue weighted by Gasteiger charge is -2.45. The van der Waals surface area contributed by atoms with Gasteiger partial charge in [-0.3, -0.25) is 0 Å². The Morgan fingerprint density at radius 1 is 0.436 bits per heavy atom. The van der Waals surface area contributed by atoms with Crippen LogP contribution in [0.25, 0.3) is 27.5 Å². The van der Waals surface area contributed by atoms with E-state index in [-0.39, 0.29) is 0 Å². The molecule has 1 aromatic heterocycles. The van der Waals surface area contributed by atoms with Crippen molar-refractivity contribution in [2.75, 3.05) is 0 Å². The molecule has 0 N–H and O–H groups in total. The summed E-state index contributed by atoms with van der Waals surface area (Å²) < 4.78 is 9.14. The summed E-state index contributed by atoms with van der Waals surface area (Å²) in [6.07, 6.45) is 0. The Morgan fingerprint density at radius 3 is 1.74 bits per heavy atom. The molecular weight excluding hydrogens is 494 g/mol. The molecule has 0 saturated heterocycles. The van der Waals surface area contributed by atoms with E-state index in [9.17, 15) is 0 Å². The van der Waals surface area contributed by atoms with Crippen molar-refractivity contribution in [2.45, 2.75) is 19.6 Å². The molecule has 3 heteroatoms. The standard InChI is InChI=1S/C36H25NOS/c1-4-14-26(15-5-1)37-31-21-11-10-20-29(31)30-24-36-34(25-32(30)37)38-33-22-12-13-23-35(33)39(36,27-16-6-2-7-17-27)28-18-8-3-9-19-28/h1-25H. The fraction of sp³-hybridized carbons (Fsp3) is 0. The summed E-state index contributed by atoms with van der Waals surface area (Å²) in [4.78, 5) is 5.09. The Bertz CT molecular complexity index is 1940. The van der Waals surface area contributed by atoms with Crippen LogP contribution in [0.5, 0.6) is 11.5 Å². The first kappa shape index (κ1) is 22.3. The van der Waals surface area contributed by atoms with Gasteiger partial charge in [-0.25, -0.2) is 0 Å². The maximum absolute atomic E-state index is 6.78. The minimum atomic E-state index is -1.82. The third kappa shape index (κ3) is 3.17. The molecule has 0 bridgehead atoms. The van der Waals surface area contributed by atoms with Gasteiger partial charge in [0.2, 0.25) is 0 Å². The molecule has 7 aromatic rings. The van der Waals surface area contributed by atoms with Gasteiger partial charge in [0.1, 0.15) is 11.5 Å². The summed E-state index contributed by atoms with van der Waals surface area (Å²) in [6.45, 7) is 0. The minimum Gasteiger partial charge on any atom is -0.455 e. The predicted octanol–water partition coefficient (Wildman–Crippen LogP) is 10.2. The Balaban J connectivity index is 1.56. The molecule has 0 aliphatic carbocycles. The van der Waals surface area contributed by atoms with E-state index < -0.39 is 10.0 Å². The van der Waals surface area contributed by atoms with Gasteiger partial charge >= 0.3 is 0 Å². The zero-order valence-electron chi connectivity index (χ0n) is 21.2. The number of fused-ring (bicyclic) bond motifs is 5. The maximum atomic E-state index is 6.78. The number of rotatable bonds is 3. The Morgan fingerprint density at radius 2 is 1.03 bits per heavy atom. The molecule has 8 rings (SSSR count). The van der Waals surface area contributed by atoms with Gasteiger partial charge in [0.25, 0.3) is 0 Å². The van der Waals surface area contributed by atoms with Crippen LogP contribution in [0.3, 0.4) is 0 Å². The van der Waals surface area contributed by atoms with Crippen molar-refractivity contribution >= 4 is 31.8 Å². The molecule has 0 amide bonds. The second-order valence-corrected chi connectivity index (χ2v) is 12.8. The number of benzene rings is 6. The fourth-order valence-electron chi connectivity index (χ4n) is 6.07. The Hall–Kier alpha value is -4.73. The molecule has 1 aliphatic heterocycles. The third-order valence-corrected chi connectivity index (χ3v) is 11.6. The van der Waals surface area contributed by atoms with Crippen LogP contribution in [-0.2, 0) is 0 Å². The lowest BCUT2D eigenvalue weighted by atomic mass is 10.1. The van der Waals surface area contributed by atoms with Crippen LogP contribution < -0.4 is 4.74 Å². The van der Waals surface area contributed by atoms with E-state index in [2.05, 4.69) is 156 Å². The first-order valence-corrected chi connectivity index (χ1v) is 14.8. The number of hydrogen-bond donors (Lipinski definition) is 0. The largest absolute Gasteiger partial charge is 0.455 e. The number of ether oxygens (including phenoxy) is 1. The summed E-state index contributed by atoms with van der Waals surface area (Å²) in [5.74, 6) is 1.85. The lowest BCUT2D eigenvalue weighted by Crippen LogP contribution is -2.12. The molecule has 0 atom stereocenters. The number of nitrogens with zero attached hydrogens (tertiary/aromatic N) is 1. The van der Waals surface area contributed by atoms with Gasteiger partial charge in [0.05, 0.1) is 11.0 Å². The van der Waals surface area contributed by atoms with Crippen molar-refractivity contribution in [3.63, 3.8) is 0 Å². The average molecular weight is 520 g/mol. The maximum Gasteiger partial charge on any atom is 0.142 e. The first-order chi connectivity index (χ1) is 19.4. The summed E-state index contributed by atoms with van der Waals surface area (Å²) >= 11 is 0. The van der Waals surface area contributed by atoms with E-state index in [4.69, 9.17) is 4.74 Å². The first-order valence-electron chi connectivity index (χ1n) is 13.2. The smallest absolute Gasteiger partial charge is 0.142 e. The van der Waals surface area contributed by atoms with Gasteiger partial charge < -0.3 is 9.30 Å². The summed E-state index contributed by atoms with van der Waals surface area (Å²) in [6, 6.07) is 54.5. The van der Waals surface area contributed by atoms with Gasteiger partial charge in [-0.15, -0.1) is 10.0 Å². The van der Waals surface area contributed by atoms with Crippen LogP contribution in [0, 0.1) is 0 Å². The van der Waals surface area contributed by atoms with Crippen molar-refractivity contribution in [3.8, 4) is 17.2 Å². The number of hydrogen-bond acceptors (Lipinski definition) is 1. The second kappa shape index (κ2) is 8.65. The van der Waals surface area contributed by atoms with Crippen molar-refractivity contribution in [2.24, 2.45) is 0 Å². The zero-order chi connectivity index (χ0) is 25.8. The van der Waals surface area contributed by atoms with Crippen LogP contribution in [0.15, 0.2) is 171 Å². The van der Waals surface area contributed by atoms with E-state index in [0.29, 0.717) is 0 Å². The molecular formula is C36H25NOS. The topological polar surface area (TPSA) is 14.2 Å². The van der Waals surface area contributed by atoms with Crippen LogP contribution in [0.1, 0.15) is 0 Å². The Labute approximate surface area is 229 Å². The molecule has 39 heavy (non-hydrogen) atoms. The molecule has 0 fully saturated rings. The quantitative estimate of drug-likeness (QED) is 0.226. The lowest BCUT2D eigenvalue weighted by molar-refractivity contribution is 0.453. The van der Waals surface area contributed by atoms with E-state index in [1.807, 2.05) is 0 Å². The molecule has 2 heterocycles. The second-order valence-electron chi connectivity index (χ2n) is 9.79. The van der Waals surface area contributed by atoms with E-state index in [1.54, 1.807) is 0 Å². The molecule has 1 aliphatic rings. The fourth-order valence-corrected chi connectivity index (χ4v) is 10.1. The highest BCUT2D eigenvalue weighted by atomic mass is 32.3. The van der Waals surface area contributed by atoms with E-state index in [1.165, 1.54) is 35.9 Å². The Kier molecular flexibility index (Phi) is 4.94. The van der Waals surface area contributed by atoms with Gasteiger partial charge in [-0.2, -0.15) is 0 Å². The van der Waals surface area contributed by atoms with E-state index in [0.717, 1.165) is 22.7 Å². The summed E-state index contributed by atoms with van der Waals surface area (Å²) in [5, 5.41) is 2.48. The third-order valence-electron chi connectivity index (χ3n) is 7.67. The van der Waals surface area contributed by atoms with Gasteiger partial charge in [0, 0.05) is 42.1 Å². The zero-order valence-corrected chi connectivity index (χ0v) is 22.0. The average Bonchev–Trinajstić information content (AvgIpc) is 3.33. The molecule has 186 valence electrons. The van der Waals surface area contributed by atoms with Gasteiger partial charge in [-0.05, 0) is 60.7 Å². The number of para-hydroxylation sites is 3. The minimum absolute atomic E-state index is 0.920. The van der Waals surface area contributed by atoms with Crippen LogP contribution in [0.2, 0.25) is 0 Å². The summed E-state index contributed by atoms with van der Waals surface area (Å²) in [7, 11) is -1.82. The van der Waals surface area contributed by atoms with Crippen LogP contribution in [-0.4, -0.2) is 4.57 Å². The van der Waals surface area contributed by atoms with Crippen molar-refractivity contribution in [3.05, 3.63) is 152 Å². The molecule has 2 nitrogen and oxygen atoms in total. The van der Waals surface area contributed by atoms with Crippen LogP contribution >= 0.6 is 10.0 Å². The monoisotopic (exact) mass is 519 g/mol. The van der Waals surface area contributed by atoms with Crippen LogP contribution in [0.4, 0.5) is 0 Å². The highest BCUT2D eigenvalue weighted by Crippen LogP contribution is 2.79. The van der Waals surface area contributed by atoms with Crippen molar-refractivity contribution in [1.82, 2.24) is 4.57 Å². The van der Waals surface area contributed by atoms with Crippen molar-refractivity contribution < 1.29 is 4.74 Å². The highest BCUT2D eigenvalue weighted by molar-refractivity contribution is 8.34. The highest BCUT2D eigenvalue weighted by Gasteiger charge is 2.41. The molecule has 0 saturated carbocycles. The molecule has 0 radical (unpaired) electrons. The van der Waals surface area contributed by atoms with Crippen molar-refractivity contribution in [1.29, 1.82) is 0 Å². The molecule has 0 unspecified atom stereocenters. The number of aromatic nitrogens is 1. The molecule has 0 spiro atoms. The van der Waals surface area contributed by atoms with Gasteiger partial charge in [-0.1, -0.05) is 84.9 Å². The van der Waals surface area contributed by atoms with E-state index >= 15 is 0 Å². The summed E-state index contributed by atoms with van der Waals surface area (Å²) in [5.41, 5.74) is 3.48. The normalized spacial score (nSPS) is 14.4. The van der Waals surface area contributed by atoms with Gasteiger partial charge in [0.15, 0.2) is 0 Å². The predicted molar refractivity (Wildman–Crippen MR) is 161 cm³/mol.